The molecule has 16 heavy (non-hydrogen) atoms. The third-order valence-electron chi connectivity index (χ3n) is 3.91. The average molecular weight is 220 g/mol. The zero-order valence-corrected chi connectivity index (χ0v) is 10.3. The first kappa shape index (κ1) is 11.4. The van der Waals surface area contributed by atoms with E-state index in [-0.39, 0.29) is 11.3 Å². The van der Waals surface area contributed by atoms with Gasteiger partial charge in [0.2, 0.25) is 5.91 Å². The summed E-state index contributed by atoms with van der Waals surface area (Å²) in [7, 11) is 2.12. The smallest absolute Gasteiger partial charge is 0.235 e. The van der Waals surface area contributed by atoms with Gasteiger partial charge in [0.25, 0.3) is 0 Å². The maximum Gasteiger partial charge on any atom is 0.235 e. The molecule has 2 fully saturated rings. The maximum atomic E-state index is 12.2. The molecule has 3 heteroatoms. The van der Waals surface area contributed by atoms with Gasteiger partial charge < -0.3 is 10.2 Å². The highest BCUT2D eigenvalue weighted by molar-refractivity contribution is 5.93. The SMILES string of the molecule is CC=C1/C(=C\C)NC(=O)C12CCN(C)CC2. The molecule has 1 amide bonds. The van der Waals surface area contributed by atoms with E-state index in [2.05, 4.69) is 23.3 Å². The number of piperidine rings is 1. The largest absolute Gasteiger partial charge is 0.325 e. The van der Waals surface area contributed by atoms with Crippen molar-refractivity contribution in [1.29, 1.82) is 0 Å². The number of hydrogen-bond donors (Lipinski definition) is 1. The Bertz CT molecular complexity index is 360. The van der Waals surface area contributed by atoms with Crippen molar-refractivity contribution in [2.45, 2.75) is 26.7 Å². The number of rotatable bonds is 0. The molecule has 2 saturated heterocycles. The van der Waals surface area contributed by atoms with E-state index >= 15 is 0 Å². The monoisotopic (exact) mass is 220 g/mol. The van der Waals surface area contributed by atoms with Gasteiger partial charge in [0.15, 0.2) is 0 Å². The average Bonchev–Trinajstić information content (AvgIpc) is 2.56. The molecule has 0 aromatic carbocycles. The number of amides is 1. The van der Waals surface area contributed by atoms with Gasteiger partial charge >= 0.3 is 0 Å². The number of likely N-dealkylation sites (tertiary alicyclic amines) is 1. The second-order valence-electron chi connectivity index (χ2n) is 4.74. The van der Waals surface area contributed by atoms with E-state index in [1.54, 1.807) is 0 Å². The van der Waals surface area contributed by atoms with Crippen molar-refractivity contribution >= 4 is 5.91 Å². The molecule has 2 rings (SSSR count). The van der Waals surface area contributed by atoms with E-state index in [1.807, 2.05) is 19.9 Å². The van der Waals surface area contributed by atoms with Gasteiger partial charge in [-0.2, -0.15) is 0 Å². The van der Waals surface area contributed by atoms with E-state index in [1.165, 1.54) is 5.57 Å². The van der Waals surface area contributed by atoms with Crippen LogP contribution in [0.1, 0.15) is 26.7 Å². The normalized spacial score (nSPS) is 30.3. The molecule has 0 aromatic heterocycles. The van der Waals surface area contributed by atoms with Gasteiger partial charge in [-0.3, -0.25) is 4.79 Å². The van der Waals surface area contributed by atoms with E-state index in [0.29, 0.717) is 0 Å². The van der Waals surface area contributed by atoms with Gasteiger partial charge in [-0.1, -0.05) is 12.2 Å². The zero-order chi connectivity index (χ0) is 11.8. The van der Waals surface area contributed by atoms with Gasteiger partial charge in [-0.05, 0) is 52.4 Å². The summed E-state index contributed by atoms with van der Waals surface area (Å²) >= 11 is 0. The number of carbonyl (C=O) groups excluding carboxylic acids is 1. The van der Waals surface area contributed by atoms with Crippen LogP contribution in [0.4, 0.5) is 0 Å². The second kappa shape index (κ2) is 4.06. The van der Waals surface area contributed by atoms with Crippen LogP contribution in [0.15, 0.2) is 23.4 Å². The molecule has 2 aliphatic heterocycles. The van der Waals surface area contributed by atoms with Crippen LogP contribution in [0.5, 0.6) is 0 Å². The Labute approximate surface area is 97.2 Å². The Kier molecular flexibility index (Phi) is 2.89. The molecule has 2 heterocycles. The Morgan fingerprint density at radius 2 is 1.88 bits per heavy atom. The lowest BCUT2D eigenvalue weighted by Crippen LogP contribution is -2.43. The van der Waals surface area contributed by atoms with Crippen LogP contribution in [0.3, 0.4) is 0 Å². The summed E-state index contributed by atoms with van der Waals surface area (Å²) in [6.45, 7) is 6.01. The van der Waals surface area contributed by atoms with Crippen molar-refractivity contribution in [3.63, 3.8) is 0 Å². The van der Waals surface area contributed by atoms with Gasteiger partial charge in [-0.15, -0.1) is 0 Å². The predicted molar refractivity (Wildman–Crippen MR) is 64.8 cm³/mol. The molecule has 1 spiro atoms. The molecule has 0 aliphatic carbocycles. The minimum absolute atomic E-state index is 0.196. The second-order valence-corrected chi connectivity index (χ2v) is 4.74. The highest BCUT2D eigenvalue weighted by Gasteiger charge is 2.49. The summed E-state index contributed by atoms with van der Waals surface area (Å²) in [5.41, 5.74) is 1.97. The Morgan fingerprint density at radius 1 is 1.25 bits per heavy atom. The number of carbonyl (C=O) groups is 1. The molecule has 0 bridgehead atoms. The lowest BCUT2D eigenvalue weighted by molar-refractivity contribution is -0.128. The molecular formula is C13H20N2O. The standard InChI is InChI=1S/C13H20N2O/c1-4-10-11(5-2)14-12(16)13(10)6-8-15(3)9-7-13/h4-5H,6-9H2,1-3H3,(H,14,16)/b10-4?,11-5+. The molecule has 0 unspecified atom stereocenters. The molecule has 3 nitrogen and oxygen atoms in total. The van der Waals surface area contributed by atoms with Crippen molar-refractivity contribution in [2.24, 2.45) is 5.41 Å². The van der Waals surface area contributed by atoms with Crippen molar-refractivity contribution in [2.75, 3.05) is 20.1 Å². The van der Waals surface area contributed by atoms with E-state index in [9.17, 15) is 4.79 Å². The van der Waals surface area contributed by atoms with E-state index in [4.69, 9.17) is 0 Å². The first-order valence-electron chi connectivity index (χ1n) is 5.97. The first-order valence-corrected chi connectivity index (χ1v) is 5.97. The van der Waals surface area contributed by atoms with Gasteiger partial charge in [0, 0.05) is 5.70 Å². The summed E-state index contributed by atoms with van der Waals surface area (Å²) in [6, 6.07) is 0. The fourth-order valence-electron chi connectivity index (χ4n) is 2.85. The third kappa shape index (κ3) is 1.50. The molecular weight excluding hydrogens is 200 g/mol. The van der Waals surface area contributed by atoms with Crippen LogP contribution in [0.25, 0.3) is 0 Å². The van der Waals surface area contributed by atoms with Crippen LogP contribution >= 0.6 is 0 Å². The summed E-state index contributed by atoms with van der Waals surface area (Å²) in [6.07, 6.45) is 5.97. The number of allylic oxidation sites excluding steroid dienone is 3. The quantitative estimate of drug-likeness (QED) is 0.673. The number of hydrogen-bond acceptors (Lipinski definition) is 2. The fraction of sp³-hybridized carbons (Fsp3) is 0.615. The summed E-state index contributed by atoms with van der Waals surface area (Å²) in [4.78, 5) is 14.5. The van der Waals surface area contributed by atoms with Gasteiger partial charge in [0.1, 0.15) is 0 Å². The van der Waals surface area contributed by atoms with E-state index < -0.39 is 0 Å². The van der Waals surface area contributed by atoms with Crippen molar-refractivity contribution < 1.29 is 4.79 Å². The summed E-state index contributed by atoms with van der Waals surface area (Å²) < 4.78 is 0. The topological polar surface area (TPSA) is 32.3 Å². The first-order chi connectivity index (χ1) is 7.64. The number of nitrogens with one attached hydrogen (secondary N) is 1. The fourth-order valence-corrected chi connectivity index (χ4v) is 2.85. The molecule has 1 N–H and O–H groups in total. The molecule has 0 atom stereocenters. The Balaban J connectivity index is 2.36. The molecule has 2 aliphatic rings. The predicted octanol–water partition coefficient (Wildman–Crippen LogP) is 1.68. The van der Waals surface area contributed by atoms with Crippen molar-refractivity contribution in [3.05, 3.63) is 23.4 Å². The highest BCUT2D eigenvalue weighted by atomic mass is 16.2. The van der Waals surface area contributed by atoms with Crippen molar-refractivity contribution in [1.82, 2.24) is 10.2 Å². The summed E-state index contributed by atoms with van der Waals surface area (Å²) in [5.74, 6) is 0.196. The lowest BCUT2D eigenvalue weighted by atomic mass is 9.73. The lowest BCUT2D eigenvalue weighted by Gasteiger charge is -2.36. The zero-order valence-electron chi connectivity index (χ0n) is 10.3. The maximum absolute atomic E-state index is 12.2. The molecule has 0 aromatic rings. The minimum atomic E-state index is -0.247. The van der Waals surface area contributed by atoms with Gasteiger partial charge in [0.05, 0.1) is 5.41 Å². The summed E-state index contributed by atoms with van der Waals surface area (Å²) in [5, 5.41) is 3.02. The van der Waals surface area contributed by atoms with E-state index in [0.717, 1.165) is 31.6 Å². The molecule has 0 radical (unpaired) electrons. The number of nitrogens with zero attached hydrogens (tertiary/aromatic N) is 1. The van der Waals surface area contributed by atoms with Crippen LogP contribution in [0, 0.1) is 5.41 Å². The Morgan fingerprint density at radius 3 is 2.38 bits per heavy atom. The van der Waals surface area contributed by atoms with Gasteiger partial charge in [-0.25, -0.2) is 0 Å². The Hall–Kier alpha value is -1.09. The minimum Gasteiger partial charge on any atom is -0.325 e. The molecule has 88 valence electrons. The van der Waals surface area contributed by atoms with Crippen LogP contribution in [-0.4, -0.2) is 30.9 Å². The van der Waals surface area contributed by atoms with Crippen LogP contribution in [-0.2, 0) is 4.79 Å². The van der Waals surface area contributed by atoms with Crippen molar-refractivity contribution in [3.8, 4) is 0 Å². The van der Waals surface area contributed by atoms with Crippen LogP contribution < -0.4 is 5.32 Å². The van der Waals surface area contributed by atoms with Crippen LogP contribution in [0.2, 0.25) is 0 Å². The molecule has 0 saturated carbocycles. The highest BCUT2D eigenvalue weighted by Crippen LogP contribution is 2.45. The third-order valence-corrected chi connectivity index (χ3v) is 3.91.